The Hall–Kier alpha value is -6.93. The van der Waals surface area contributed by atoms with E-state index in [9.17, 15) is 0 Å². The molecule has 11 aromatic rings. The number of benzene rings is 7. The maximum Gasteiger partial charge on any atom is 0.164 e. The molecule has 0 aliphatic heterocycles. The summed E-state index contributed by atoms with van der Waals surface area (Å²) in [6, 6.07) is 60.9. The van der Waals surface area contributed by atoms with Crippen molar-refractivity contribution in [3.63, 3.8) is 0 Å². The fraction of sp³-hybridized carbons (Fsp3) is 0. The maximum atomic E-state index is 5.38. The van der Waals surface area contributed by atoms with E-state index in [2.05, 4.69) is 115 Å². The molecule has 0 spiro atoms. The Morgan fingerprint density at radius 2 is 0.893 bits per heavy atom. The van der Waals surface area contributed by atoms with Crippen LogP contribution in [0.15, 0.2) is 176 Å². The molecule has 0 saturated heterocycles. The van der Waals surface area contributed by atoms with Crippen LogP contribution in [-0.2, 0) is 0 Å². The number of aromatic nitrogens is 5. The molecule has 4 heterocycles. The fourth-order valence-electron chi connectivity index (χ4n) is 7.47. The van der Waals surface area contributed by atoms with Crippen LogP contribution in [-0.4, -0.2) is 24.9 Å². The maximum absolute atomic E-state index is 5.38. The Kier molecular flexibility index (Phi) is 7.79. The smallest absolute Gasteiger partial charge is 0.164 e. The molecule has 0 unspecified atom stereocenters. The molecular formula is C49H29N5S2. The van der Waals surface area contributed by atoms with Crippen LogP contribution >= 0.6 is 22.7 Å². The first kappa shape index (κ1) is 32.5. The molecule has 5 nitrogen and oxygen atoms in total. The summed E-state index contributed by atoms with van der Waals surface area (Å²) in [5.74, 6) is 2.61. The quantitative estimate of drug-likeness (QED) is 0.169. The third-order valence-corrected chi connectivity index (χ3v) is 12.5. The predicted molar refractivity (Wildman–Crippen MR) is 234 cm³/mol. The van der Waals surface area contributed by atoms with Crippen molar-refractivity contribution >= 4 is 63.1 Å². The first-order valence-electron chi connectivity index (χ1n) is 18.4. The molecule has 56 heavy (non-hydrogen) atoms. The van der Waals surface area contributed by atoms with Crippen molar-refractivity contribution in [2.75, 3.05) is 0 Å². The third-order valence-electron chi connectivity index (χ3n) is 10.2. The summed E-state index contributed by atoms with van der Waals surface area (Å²) in [6.07, 6.45) is 0. The zero-order valence-electron chi connectivity index (χ0n) is 29.8. The van der Waals surface area contributed by atoms with E-state index in [0.717, 1.165) is 70.1 Å². The first-order chi connectivity index (χ1) is 27.7. The molecule has 0 saturated carbocycles. The van der Waals surface area contributed by atoms with Crippen molar-refractivity contribution < 1.29 is 0 Å². The minimum Gasteiger partial charge on any atom is -0.226 e. The van der Waals surface area contributed by atoms with Crippen LogP contribution in [0.1, 0.15) is 0 Å². The highest BCUT2D eigenvalue weighted by molar-refractivity contribution is 7.26. The van der Waals surface area contributed by atoms with E-state index in [4.69, 9.17) is 24.9 Å². The summed E-state index contributed by atoms with van der Waals surface area (Å²) in [7, 11) is 0. The highest BCUT2D eigenvalue weighted by Gasteiger charge is 2.20. The molecule has 0 amide bonds. The highest BCUT2D eigenvalue weighted by atomic mass is 32.1. The van der Waals surface area contributed by atoms with Gasteiger partial charge in [-0.3, -0.25) is 0 Å². The van der Waals surface area contributed by atoms with Gasteiger partial charge >= 0.3 is 0 Å². The lowest BCUT2D eigenvalue weighted by molar-refractivity contribution is 1.08. The second kappa shape index (κ2) is 13.4. The van der Waals surface area contributed by atoms with Crippen LogP contribution in [0, 0.1) is 0 Å². The van der Waals surface area contributed by atoms with E-state index in [1.165, 1.54) is 15.0 Å². The summed E-state index contributed by atoms with van der Waals surface area (Å²) in [4.78, 5) is 25.9. The summed E-state index contributed by atoms with van der Waals surface area (Å²) in [5.41, 5.74) is 9.09. The summed E-state index contributed by atoms with van der Waals surface area (Å²) in [5, 5.41) is 3.36. The van der Waals surface area contributed by atoms with Crippen LogP contribution in [0.2, 0.25) is 0 Å². The van der Waals surface area contributed by atoms with Gasteiger partial charge in [0.15, 0.2) is 23.3 Å². The fourth-order valence-corrected chi connectivity index (χ4v) is 9.74. The molecule has 7 heteroatoms. The van der Waals surface area contributed by atoms with Crippen LogP contribution in [0.3, 0.4) is 0 Å². The lowest BCUT2D eigenvalue weighted by atomic mass is 10.0. The van der Waals surface area contributed by atoms with Gasteiger partial charge in [0, 0.05) is 58.1 Å². The topological polar surface area (TPSA) is 64.5 Å². The lowest BCUT2D eigenvalue weighted by Gasteiger charge is -2.10. The Morgan fingerprint density at radius 1 is 0.321 bits per heavy atom. The average Bonchev–Trinajstić information content (AvgIpc) is 3.85. The van der Waals surface area contributed by atoms with E-state index in [1.54, 1.807) is 22.7 Å². The number of hydrogen-bond acceptors (Lipinski definition) is 7. The second-order valence-electron chi connectivity index (χ2n) is 13.6. The van der Waals surface area contributed by atoms with E-state index in [0.29, 0.717) is 23.3 Å². The summed E-state index contributed by atoms with van der Waals surface area (Å²) >= 11 is 3.52. The number of nitrogens with zero attached hydrogens (tertiary/aromatic N) is 5. The van der Waals surface area contributed by atoms with Crippen molar-refractivity contribution in [3.8, 4) is 67.9 Å². The van der Waals surface area contributed by atoms with Crippen molar-refractivity contribution in [2.24, 2.45) is 0 Å². The largest absolute Gasteiger partial charge is 0.226 e. The molecule has 0 N–H and O–H groups in total. The molecule has 7 aromatic carbocycles. The second-order valence-corrected chi connectivity index (χ2v) is 15.8. The van der Waals surface area contributed by atoms with Crippen molar-refractivity contribution in [1.29, 1.82) is 0 Å². The van der Waals surface area contributed by atoms with Gasteiger partial charge in [0.25, 0.3) is 0 Å². The SMILES string of the molecule is c1ccc(-c2cccc(-c3nc(-c4ccc5sc6cccc(-c7nc(-c8ccccc8)nc(-c8ccccc8)n7)c6c5c4)nc4c3sc3ccccc34)c2)cc1. The number of hydrogen-bond donors (Lipinski definition) is 0. The normalized spacial score (nSPS) is 11.6. The van der Waals surface area contributed by atoms with Gasteiger partial charge in [0.1, 0.15) is 0 Å². The standard InChI is InChI=1S/C49H29N5S2/c1-4-14-30(15-5-1)33-20-12-21-34(28-33)43-45-44(36-22-10-11-24-39(36)56-45)51-48(50-43)35-26-27-40-38(29-35)42-37(23-13-25-41(42)55-40)49-53-46(31-16-6-2-7-17-31)52-47(54-49)32-18-8-3-9-19-32/h1-29H. The van der Waals surface area contributed by atoms with Crippen LogP contribution < -0.4 is 0 Å². The van der Waals surface area contributed by atoms with E-state index >= 15 is 0 Å². The van der Waals surface area contributed by atoms with Gasteiger partial charge in [-0.25, -0.2) is 24.9 Å². The molecule has 0 bridgehead atoms. The Labute approximate surface area is 330 Å². The number of thiophene rings is 2. The van der Waals surface area contributed by atoms with Crippen LogP contribution in [0.5, 0.6) is 0 Å². The van der Waals surface area contributed by atoms with Gasteiger partial charge in [-0.1, -0.05) is 140 Å². The lowest BCUT2D eigenvalue weighted by Crippen LogP contribution is -2.00. The van der Waals surface area contributed by atoms with Gasteiger partial charge in [0.2, 0.25) is 0 Å². The molecule has 0 aliphatic rings. The molecule has 11 rings (SSSR count). The highest BCUT2D eigenvalue weighted by Crippen LogP contribution is 2.43. The molecule has 0 atom stereocenters. The van der Waals surface area contributed by atoms with Crippen LogP contribution in [0.4, 0.5) is 0 Å². The first-order valence-corrected chi connectivity index (χ1v) is 20.0. The number of fused-ring (bicyclic) bond motifs is 6. The molecule has 0 aliphatic carbocycles. The monoisotopic (exact) mass is 751 g/mol. The average molecular weight is 752 g/mol. The minimum atomic E-state index is 0.636. The van der Waals surface area contributed by atoms with Gasteiger partial charge in [-0.2, -0.15) is 0 Å². The Morgan fingerprint density at radius 3 is 1.64 bits per heavy atom. The molecule has 0 fully saturated rings. The van der Waals surface area contributed by atoms with E-state index in [-0.39, 0.29) is 0 Å². The molecule has 262 valence electrons. The number of rotatable bonds is 6. The summed E-state index contributed by atoms with van der Waals surface area (Å²) < 4.78 is 4.62. The van der Waals surface area contributed by atoms with Gasteiger partial charge in [-0.15, -0.1) is 22.7 Å². The molecule has 4 aromatic heterocycles. The predicted octanol–water partition coefficient (Wildman–Crippen LogP) is 13.4. The zero-order chi connectivity index (χ0) is 37.0. The molecule has 0 radical (unpaired) electrons. The van der Waals surface area contributed by atoms with Gasteiger partial charge in [-0.05, 0) is 47.5 Å². The third kappa shape index (κ3) is 5.64. The van der Waals surface area contributed by atoms with E-state index < -0.39 is 0 Å². The van der Waals surface area contributed by atoms with Gasteiger partial charge in [0.05, 0.1) is 15.9 Å². The van der Waals surface area contributed by atoms with Crippen molar-refractivity contribution in [2.45, 2.75) is 0 Å². The van der Waals surface area contributed by atoms with Crippen molar-refractivity contribution in [3.05, 3.63) is 176 Å². The van der Waals surface area contributed by atoms with Gasteiger partial charge < -0.3 is 0 Å². The van der Waals surface area contributed by atoms with E-state index in [1.807, 2.05) is 60.7 Å². The zero-order valence-corrected chi connectivity index (χ0v) is 31.4. The Bertz CT molecular complexity index is 3190. The van der Waals surface area contributed by atoms with Crippen LogP contribution in [0.25, 0.3) is 108 Å². The van der Waals surface area contributed by atoms with Crippen molar-refractivity contribution in [1.82, 2.24) is 24.9 Å². The minimum absolute atomic E-state index is 0.636. The molecular weight excluding hydrogens is 723 g/mol. The Balaban J connectivity index is 1.12. The summed E-state index contributed by atoms with van der Waals surface area (Å²) in [6.45, 7) is 0.